The van der Waals surface area contributed by atoms with Crippen LogP contribution in [0, 0.1) is 5.82 Å². The van der Waals surface area contributed by atoms with Crippen molar-refractivity contribution in [1.29, 1.82) is 0 Å². The number of hydrogen-bond acceptors (Lipinski definition) is 1. The van der Waals surface area contributed by atoms with Crippen LogP contribution in [0.3, 0.4) is 0 Å². The van der Waals surface area contributed by atoms with Crippen LogP contribution in [0.4, 0.5) is 4.39 Å². The third kappa shape index (κ3) is 4.14. The highest BCUT2D eigenvalue weighted by atomic mass is 79.9. The van der Waals surface area contributed by atoms with Crippen LogP contribution >= 0.6 is 15.9 Å². The molecule has 0 radical (unpaired) electrons. The van der Waals surface area contributed by atoms with Crippen LogP contribution in [0.25, 0.3) is 6.08 Å². The Labute approximate surface area is 98.5 Å². The van der Waals surface area contributed by atoms with Crippen molar-refractivity contribution >= 4 is 22.0 Å². The number of rotatable bonds is 4. The summed E-state index contributed by atoms with van der Waals surface area (Å²) >= 11 is 3.32. The summed E-state index contributed by atoms with van der Waals surface area (Å²) in [7, 11) is 0. The van der Waals surface area contributed by atoms with Gasteiger partial charge in [-0.3, -0.25) is 0 Å². The zero-order chi connectivity index (χ0) is 11.3. The highest BCUT2D eigenvalue weighted by Gasteiger charge is 1.99. The normalized spacial score (nSPS) is 13.3. The quantitative estimate of drug-likeness (QED) is 0.883. The Bertz CT molecular complexity index is 349. The first-order chi connectivity index (χ1) is 7.13. The first kappa shape index (κ1) is 12.4. The standard InChI is InChI=1S/C12H15BrFN/c1-3-15-9(2)4-5-10-8-11(13)6-7-12(10)14/h4-9,15H,3H2,1-2H3/b5-4+. The van der Waals surface area contributed by atoms with Crippen LogP contribution < -0.4 is 5.32 Å². The molecule has 1 nitrogen and oxygen atoms in total. The lowest BCUT2D eigenvalue weighted by Gasteiger charge is -2.06. The molecule has 0 spiro atoms. The summed E-state index contributed by atoms with van der Waals surface area (Å²) in [5, 5.41) is 3.23. The summed E-state index contributed by atoms with van der Waals surface area (Å²) in [6, 6.07) is 5.18. The average molecular weight is 272 g/mol. The summed E-state index contributed by atoms with van der Waals surface area (Å²) in [4.78, 5) is 0. The topological polar surface area (TPSA) is 12.0 Å². The van der Waals surface area contributed by atoms with Gasteiger partial charge in [-0.05, 0) is 31.7 Å². The lowest BCUT2D eigenvalue weighted by molar-refractivity contribution is 0.624. The molecular weight excluding hydrogens is 257 g/mol. The van der Waals surface area contributed by atoms with E-state index >= 15 is 0 Å². The molecule has 0 aliphatic heterocycles. The van der Waals surface area contributed by atoms with Gasteiger partial charge in [-0.1, -0.05) is 35.0 Å². The molecular formula is C12H15BrFN. The fourth-order valence-electron chi connectivity index (χ4n) is 1.28. The van der Waals surface area contributed by atoms with E-state index in [9.17, 15) is 4.39 Å². The first-order valence-corrected chi connectivity index (χ1v) is 5.79. The highest BCUT2D eigenvalue weighted by Crippen LogP contribution is 2.16. The summed E-state index contributed by atoms with van der Waals surface area (Å²) in [5.74, 6) is -0.196. The van der Waals surface area contributed by atoms with Gasteiger partial charge in [0.25, 0.3) is 0 Å². The van der Waals surface area contributed by atoms with Gasteiger partial charge in [0, 0.05) is 16.1 Å². The Morgan fingerprint density at radius 3 is 2.93 bits per heavy atom. The zero-order valence-corrected chi connectivity index (χ0v) is 10.5. The molecule has 3 heteroatoms. The summed E-state index contributed by atoms with van der Waals surface area (Å²) in [5.41, 5.74) is 0.606. The molecule has 0 saturated heterocycles. The molecule has 15 heavy (non-hydrogen) atoms. The van der Waals surface area contributed by atoms with Crippen molar-refractivity contribution < 1.29 is 4.39 Å². The Kier molecular flexibility index (Phi) is 4.99. The predicted octanol–water partition coefficient (Wildman–Crippen LogP) is 3.60. The van der Waals surface area contributed by atoms with Crippen molar-refractivity contribution in [3.05, 3.63) is 40.1 Å². The molecule has 1 rings (SSSR count). The van der Waals surface area contributed by atoms with Gasteiger partial charge in [-0.15, -0.1) is 0 Å². The lowest BCUT2D eigenvalue weighted by Crippen LogP contribution is -2.22. The zero-order valence-electron chi connectivity index (χ0n) is 8.93. The van der Waals surface area contributed by atoms with Gasteiger partial charge in [0.2, 0.25) is 0 Å². The van der Waals surface area contributed by atoms with Gasteiger partial charge >= 0.3 is 0 Å². The van der Waals surface area contributed by atoms with Crippen LogP contribution in [0.5, 0.6) is 0 Å². The maximum Gasteiger partial charge on any atom is 0.130 e. The third-order valence-electron chi connectivity index (χ3n) is 2.05. The summed E-state index contributed by atoms with van der Waals surface area (Å²) < 4.78 is 14.2. The summed E-state index contributed by atoms with van der Waals surface area (Å²) in [6.07, 6.45) is 3.75. The molecule has 1 unspecified atom stereocenters. The largest absolute Gasteiger partial charge is 0.311 e. The van der Waals surface area contributed by atoms with Crippen molar-refractivity contribution in [2.45, 2.75) is 19.9 Å². The maximum absolute atomic E-state index is 13.3. The molecule has 0 fully saturated rings. The first-order valence-electron chi connectivity index (χ1n) is 5.00. The van der Waals surface area contributed by atoms with E-state index in [1.165, 1.54) is 6.07 Å². The number of benzene rings is 1. The van der Waals surface area contributed by atoms with E-state index in [1.807, 2.05) is 19.9 Å². The molecule has 1 aromatic carbocycles. The van der Waals surface area contributed by atoms with Gasteiger partial charge in [0.15, 0.2) is 0 Å². The minimum atomic E-state index is -0.196. The van der Waals surface area contributed by atoms with E-state index < -0.39 is 0 Å². The van der Waals surface area contributed by atoms with Crippen LogP contribution in [0.15, 0.2) is 28.7 Å². The van der Waals surface area contributed by atoms with Gasteiger partial charge < -0.3 is 5.32 Å². The van der Waals surface area contributed by atoms with Crippen molar-refractivity contribution in [1.82, 2.24) is 5.32 Å². The molecule has 82 valence electrons. The second-order valence-electron chi connectivity index (χ2n) is 3.37. The second-order valence-corrected chi connectivity index (χ2v) is 4.29. The lowest BCUT2D eigenvalue weighted by atomic mass is 10.1. The minimum Gasteiger partial charge on any atom is -0.311 e. The number of likely N-dealkylation sites (N-methyl/N-ethyl adjacent to an activating group) is 1. The molecule has 0 aromatic heterocycles. The number of nitrogens with one attached hydrogen (secondary N) is 1. The van der Waals surface area contributed by atoms with Crippen LogP contribution in [0.2, 0.25) is 0 Å². The van der Waals surface area contributed by atoms with Gasteiger partial charge in [0.05, 0.1) is 0 Å². The van der Waals surface area contributed by atoms with Crippen LogP contribution in [-0.2, 0) is 0 Å². The van der Waals surface area contributed by atoms with Crippen LogP contribution in [0.1, 0.15) is 19.4 Å². The van der Waals surface area contributed by atoms with Crippen molar-refractivity contribution in [3.63, 3.8) is 0 Å². The molecule has 1 N–H and O–H groups in total. The highest BCUT2D eigenvalue weighted by molar-refractivity contribution is 9.10. The molecule has 0 aliphatic carbocycles. The Hall–Kier alpha value is -0.670. The monoisotopic (exact) mass is 271 g/mol. The van der Waals surface area contributed by atoms with Crippen LogP contribution in [-0.4, -0.2) is 12.6 Å². The fraction of sp³-hybridized carbons (Fsp3) is 0.333. The Balaban J connectivity index is 2.75. The molecule has 0 amide bonds. The third-order valence-corrected chi connectivity index (χ3v) is 2.54. The van der Waals surface area contributed by atoms with E-state index in [0.29, 0.717) is 5.56 Å². The van der Waals surface area contributed by atoms with E-state index in [0.717, 1.165) is 11.0 Å². The minimum absolute atomic E-state index is 0.196. The van der Waals surface area contributed by atoms with E-state index in [-0.39, 0.29) is 11.9 Å². The number of hydrogen-bond donors (Lipinski definition) is 1. The fourth-order valence-corrected chi connectivity index (χ4v) is 1.66. The van der Waals surface area contributed by atoms with Gasteiger partial charge in [-0.25, -0.2) is 4.39 Å². The molecule has 0 bridgehead atoms. The van der Waals surface area contributed by atoms with Crippen molar-refractivity contribution in [2.24, 2.45) is 0 Å². The van der Waals surface area contributed by atoms with E-state index in [2.05, 4.69) is 21.2 Å². The molecule has 0 saturated carbocycles. The SMILES string of the molecule is CCNC(C)/C=C/c1cc(Br)ccc1F. The average Bonchev–Trinajstić information content (AvgIpc) is 2.20. The van der Waals surface area contributed by atoms with Crippen molar-refractivity contribution in [2.75, 3.05) is 6.54 Å². The Morgan fingerprint density at radius 1 is 1.53 bits per heavy atom. The Morgan fingerprint density at radius 2 is 2.27 bits per heavy atom. The van der Waals surface area contributed by atoms with E-state index in [4.69, 9.17) is 0 Å². The number of halogens is 2. The molecule has 1 aromatic rings. The van der Waals surface area contributed by atoms with Gasteiger partial charge in [-0.2, -0.15) is 0 Å². The maximum atomic E-state index is 13.3. The second kappa shape index (κ2) is 6.03. The molecule has 0 aliphatic rings. The van der Waals surface area contributed by atoms with Crippen molar-refractivity contribution in [3.8, 4) is 0 Å². The van der Waals surface area contributed by atoms with E-state index in [1.54, 1.807) is 18.2 Å². The molecule has 0 heterocycles. The predicted molar refractivity (Wildman–Crippen MR) is 66.3 cm³/mol. The summed E-state index contributed by atoms with van der Waals surface area (Å²) in [6.45, 7) is 4.99. The molecule has 1 atom stereocenters. The smallest absolute Gasteiger partial charge is 0.130 e. The van der Waals surface area contributed by atoms with Gasteiger partial charge in [0.1, 0.15) is 5.82 Å².